The van der Waals surface area contributed by atoms with Crippen LogP contribution in [0.1, 0.15) is 48.0 Å². The Bertz CT molecular complexity index is 507. The highest BCUT2D eigenvalue weighted by Gasteiger charge is 2.22. The number of pyridine rings is 1. The second kappa shape index (κ2) is 5.21. The molecular formula is C15H18N2S. The average Bonchev–Trinajstić information content (AvgIpc) is 2.93. The van der Waals surface area contributed by atoms with Crippen LogP contribution in [-0.4, -0.2) is 4.98 Å². The number of thiophene rings is 1. The van der Waals surface area contributed by atoms with E-state index in [9.17, 15) is 0 Å². The predicted molar refractivity (Wildman–Crippen MR) is 75.8 cm³/mol. The van der Waals surface area contributed by atoms with Gasteiger partial charge >= 0.3 is 0 Å². The van der Waals surface area contributed by atoms with E-state index >= 15 is 0 Å². The van der Waals surface area contributed by atoms with Gasteiger partial charge in [-0.25, -0.2) is 0 Å². The highest BCUT2D eigenvalue weighted by Crippen LogP contribution is 2.30. The third-order valence-corrected chi connectivity index (χ3v) is 4.67. The lowest BCUT2D eigenvalue weighted by Gasteiger charge is -2.27. The van der Waals surface area contributed by atoms with Gasteiger partial charge in [-0.3, -0.25) is 4.98 Å². The molecular weight excluding hydrogens is 240 g/mol. The average molecular weight is 258 g/mol. The normalized spacial score (nSPS) is 20.4. The third-order valence-electron chi connectivity index (χ3n) is 3.62. The Labute approximate surface area is 112 Å². The van der Waals surface area contributed by atoms with E-state index in [0.29, 0.717) is 12.1 Å². The molecule has 0 fully saturated rings. The number of nitrogens with zero attached hydrogens (tertiary/aromatic N) is 1. The summed E-state index contributed by atoms with van der Waals surface area (Å²) in [7, 11) is 0. The van der Waals surface area contributed by atoms with Crippen molar-refractivity contribution in [2.24, 2.45) is 0 Å². The molecule has 2 nitrogen and oxygen atoms in total. The molecule has 1 N–H and O–H groups in total. The zero-order chi connectivity index (χ0) is 12.4. The number of aryl methyl sites for hydroxylation is 1. The number of fused-ring (bicyclic) bond motifs is 1. The standard InChI is InChI=1S/C15H18N2S/c1-11(14-8-4-10-18-14)17-13-7-2-5-12-6-3-9-16-15(12)13/h3-4,6,8-11,13,17H,2,5,7H2,1H3. The fraction of sp³-hybridized carbons (Fsp3) is 0.400. The molecule has 2 heterocycles. The Hall–Kier alpha value is -1.19. The number of hydrogen-bond donors (Lipinski definition) is 1. The second-order valence-corrected chi connectivity index (χ2v) is 5.88. The molecule has 0 radical (unpaired) electrons. The van der Waals surface area contributed by atoms with Crippen LogP contribution in [0.15, 0.2) is 35.8 Å². The van der Waals surface area contributed by atoms with Gasteiger partial charge in [-0.05, 0) is 49.3 Å². The van der Waals surface area contributed by atoms with Gasteiger partial charge in [-0.15, -0.1) is 11.3 Å². The van der Waals surface area contributed by atoms with Crippen LogP contribution in [0.25, 0.3) is 0 Å². The van der Waals surface area contributed by atoms with Crippen LogP contribution in [-0.2, 0) is 6.42 Å². The lowest BCUT2D eigenvalue weighted by Crippen LogP contribution is -2.28. The Morgan fingerprint density at radius 3 is 3.17 bits per heavy atom. The Morgan fingerprint density at radius 2 is 2.33 bits per heavy atom. The van der Waals surface area contributed by atoms with E-state index in [1.165, 1.54) is 35.4 Å². The summed E-state index contributed by atoms with van der Waals surface area (Å²) in [5.74, 6) is 0. The van der Waals surface area contributed by atoms with E-state index in [2.05, 4.69) is 40.8 Å². The van der Waals surface area contributed by atoms with Crippen LogP contribution >= 0.6 is 11.3 Å². The van der Waals surface area contributed by atoms with E-state index in [1.54, 1.807) is 0 Å². The SMILES string of the molecule is CC(NC1CCCc2cccnc21)c1cccs1. The predicted octanol–water partition coefficient (Wildman–Crippen LogP) is 3.87. The molecule has 3 heteroatoms. The van der Waals surface area contributed by atoms with Crippen LogP contribution in [0.5, 0.6) is 0 Å². The van der Waals surface area contributed by atoms with E-state index in [1.807, 2.05) is 23.6 Å². The summed E-state index contributed by atoms with van der Waals surface area (Å²) < 4.78 is 0. The molecule has 0 bridgehead atoms. The quantitative estimate of drug-likeness (QED) is 0.904. The van der Waals surface area contributed by atoms with Gasteiger partial charge in [0.05, 0.1) is 11.7 Å². The highest BCUT2D eigenvalue weighted by atomic mass is 32.1. The van der Waals surface area contributed by atoms with E-state index in [-0.39, 0.29) is 0 Å². The van der Waals surface area contributed by atoms with Crippen molar-refractivity contribution in [3.05, 3.63) is 52.0 Å². The van der Waals surface area contributed by atoms with Gasteiger partial charge in [-0.2, -0.15) is 0 Å². The lowest BCUT2D eigenvalue weighted by atomic mass is 9.91. The van der Waals surface area contributed by atoms with Crippen molar-refractivity contribution in [3.8, 4) is 0 Å². The number of aromatic nitrogens is 1. The first-order valence-electron chi connectivity index (χ1n) is 6.58. The van der Waals surface area contributed by atoms with Crippen LogP contribution in [0.4, 0.5) is 0 Å². The van der Waals surface area contributed by atoms with Crippen molar-refractivity contribution < 1.29 is 0 Å². The minimum atomic E-state index is 0.406. The number of hydrogen-bond acceptors (Lipinski definition) is 3. The molecule has 0 spiro atoms. The van der Waals surface area contributed by atoms with Gasteiger partial charge in [0.1, 0.15) is 0 Å². The van der Waals surface area contributed by atoms with Gasteiger partial charge in [-0.1, -0.05) is 12.1 Å². The molecule has 3 rings (SSSR count). The minimum absolute atomic E-state index is 0.406. The molecule has 1 aliphatic carbocycles. The summed E-state index contributed by atoms with van der Waals surface area (Å²) in [6.45, 7) is 2.24. The summed E-state index contributed by atoms with van der Waals surface area (Å²) in [4.78, 5) is 5.98. The maximum Gasteiger partial charge on any atom is 0.0605 e. The van der Waals surface area contributed by atoms with Crippen molar-refractivity contribution in [1.82, 2.24) is 10.3 Å². The fourth-order valence-electron chi connectivity index (χ4n) is 2.69. The van der Waals surface area contributed by atoms with Gasteiger partial charge in [0.2, 0.25) is 0 Å². The van der Waals surface area contributed by atoms with Gasteiger partial charge < -0.3 is 5.32 Å². The molecule has 1 aliphatic rings. The molecule has 2 atom stereocenters. The van der Waals surface area contributed by atoms with Crippen LogP contribution in [0, 0.1) is 0 Å². The zero-order valence-corrected chi connectivity index (χ0v) is 11.4. The van der Waals surface area contributed by atoms with E-state index < -0.39 is 0 Å². The topological polar surface area (TPSA) is 24.9 Å². The smallest absolute Gasteiger partial charge is 0.0605 e. The number of rotatable bonds is 3. The van der Waals surface area contributed by atoms with Crippen molar-refractivity contribution in [1.29, 1.82) is 0 Å². The highest BCUT2D eigenvalue weighted by molar-refractivity contribution is 7.10. The Balaban J connectivity index is 1.78. The molecule has 0 saturated heterocycles. The molecule has 94 valence electrons. The van der Waals surface area contributed by atoms with Crippen LogP contribution < -0.4 is 5.32 Å². The van der Waals surface area contributed by atoms with Crippen LogP contribution in [0.2, 0.25) is 0 Å². The van der Waals surface area contributed by atoms with Crippen molar-refractivity contribution in [2.75, 3.05) is 0 Å². The maximum absolute atomic E-state index is 4.58. The number of nitrogens with one attached hydrogen (secondary N) is 1. The summed E-state index contributed by atoms with van der Waals surface area (Å²) in [5.41, 5.74) is 2.67. The third kappa shape index (κ3) is 2.33. The van der Waals surface area contributed by atoms with Crippen molar-refractivity contribution in [3.63, 3.8) is 0 Å². The molecule has 18 heavy (non-hydrogen) atoms. The molecule has 0 aliphatic heterocycles. The maximum atomic E-state index is 4.58. The van der Waals surface area contributed by atoms with Crippen molar-refractivity contribution in [2.45, 2.75) is 38.3 Å². The molecule has 0 saturated carbocycles. The largest absolute Gasteiger partial charge is 0.301 e. The molecule has 2 aromatic rings. The summed E-state index contributed by atoms with van der Waals surface area (Å²) in [6.07, 6.45) is 5.54. The van der Waals surface area contributed by atoms with Gasteiger partial charge in [0.15, 0.2) is 0 Å². The summed E-state index contributed by atoms with van der Waals surface area (Å²) in [5, 5.41) is 5.86. The first-order valence-corrected chi connectivity index (χ1v) is 7.46. The zero-order valence-electron chi connectivity index (χ0n) is 10.6. The fourth-order valence-corrected chi connectivity index (χ4v) is 3.44. The molecule has 2 aromatic heterocycles. The Kier molecular flexibility index (Phi) is 3.43. The minimum Gasteiger partial charge on any atom is -0.301 e. The summed E-state index contributed by atoms with van der Waals surface area (Å²) in [6, 6.07) is 9.39. The first-order chi connectivity index (χ1) is 8.84. The molecule has 0 amide bonds. The van der Waals surface area contributed by atoms with Gasteiger partial charge in [0.25, 0.3) is 0 Å². The lowest BCUT2D eigenvalue weighted by molar-refractivity contribution is 0.409. The first kappa shape index (κ1) is 11.9. The molecule has 0 aromatic carbocycles. The van der Waals surface area contributed by atoms with Crippen LogP contribution in [0.3, 0.4) is 0 Å². The van der Waals surface area contributed by atoms with E-state index in [4.69, 9.17) is 0 Å². The van der Waals surface area contributed by atoms with E-state index in [0.717, 1.165) is 0 Å². The summed E-state index contributed by atoms with van der Waals surface area (Å²) >= 11 is 1.82. The second-order valence-electron chi connectivity index (χ2n) is 4.90. The monoisotopic (exact) mass is 258 g/mol. The Morgan fingerprint density at radius 1 is 1.39 bits per heavy atom. The van der Waals surface area contributed by atoms with Gasteiger partial charge in [0, 0.05) is 17.1 Å². The van der Waals surface area contributed by atoms with Crippen molar-refractivity contribution >= 4 is 11.3 Å². The molecule has 2 unspecified atom stereocenters.